The van der Waals surface area contributed by atoms with Crippen molar-refractivity contribution < 1.29 is 9.52 Å². The van der Waals surface area contributed by atoms with Crippen molar-refractivity contribution in [1.29, 1.82) is 0 Å². The lowest BCUT2D eigenvalue weighted by molar-refractivity contribution is 0.474. The van der Waals surface area contributed by atoms with Crippen LogP contribution in [-0.4, -0.2) is 15.2 Å². The summed E-state index contributed by atoms with van der Waals surface area (Å²) in [6.45, 7) is 2.08. The second kappa shape index (κ2) is 5.65. The maximum absolute atomic E-state index is 10.1. The highest BCUT2D eigenvalue weighted by Crippen LogP contribution is 2.33. The zero-order valence-electron chi connectivity index (χ0n) is 12.0. The maximum Gasteiger partial charge on any atom is 0.231 e. The van der Waals surface area contributed by atoms with Crippen LogP contribution in [0.3, 0.4) is 0 Å². The van der Waals surface area contributed by atoms with Crippen molar-refractivity contribution in [2.75, 3.05) is 5.32 Å². The molecule has 112 valence electrons. The van der Waals surface area contributed by atoms with Crippen molar-refractivity contribution in [1.82, 2.24) is 4.98 Å². The third-order valence-corrected chi connectivity index (χ3v) is 3.46. The van der Waals surface area contributed by atoms with E-state index in [1.807, 2.05) is 18.2 Å². The van der Waals surface area contributed by atoms with E-state index in [0.717, 1.165) is 11.9 Å². The third-order valence-electron chi connectivity index (χ3n) is 3.35. The van der Waals surface area contributed by atoms with Crippen molar-refractivity contribution in [2.24, 2.45) is 5.73 Å². The fraction of sp³-hybridized carbons (Fsp3) is 0.125. The predicted molar refractivity (Wildman–Crippen MR) is 90.9 cm³/mol. The van der Waals surface area contributed by atoms with E-state index in [1.54, 1.807) is 18.2 Å². The number of phenolic OH excluding ortho intramolecular Hbond substituents is 1. The molecule has 0 fully saturated rings. The standard InChI is InChI=1S/C16H15N3O2S/c1-2-9-3-6-14-12(7-9)19-15(21-14)11-8-10(18-16(17)22)4-5-13(11)20/h3-8,20H,2H2,1H3,(H3,17,18,22). The van der Waals surface area contributed by atoms with Gasteiger partial charge < -0.3 is 20.6 Å². The van der Waals surface area contributed by atoms with E-state index in [-0.39, 0.29) is 10.9 Å². The number of aromatic hydroxyl groups is 1. The Kier molecular flexibility index (Phi) is 3.68. The number of hydrogen-bond donors (Lipinski definition) is 3. The second-order valence-corrected chi connectivity index (χ2v) is 5.34. The van der Waals surface area contributed by atoms with Crippen LogP contribution < -0.4 is 11.1 Å². The lowest BCUT2D eigenvalue weighted by Crippen LogP contribution is -2.18. The van der Waals surface area contributed by atoms with Gasteiger partial charge in [0.1, 0.15) is 11.3 Å². The topological polar surface area (TPSA) is 84.3 Å². The minimum atomic E-state index is 0.0794. The maximum atomic E-state index is 10.1. The number of nitrogens with zero attached hydrogens (tertiary/aromatic N) is 1. The molecule has 0 saturated heterocycles. The first-order valence-corrected chi connectivity index (χ1v) is 7.27. The number of aryl methyl sites for hydroxylation is 1. The van der Waals surface area contributed by atoms with Gasteiger partial charge in [-0.2, -0.15) is 0 Å². The number of aromatic nitrogens is 1. The first-order valence-electron chi connectivity index (χ1n) is 6.86. The smallest absolute Gasteiger partial charge is 0.231 e. The van der Waals surface area contributed by atoms with Crippen LogP contribution in [0.1, 0.15) is 12.5 Å². The van der Waals surface area contributed by atoms with E-state index < -0.39 is 0 Å². The van der Waals surface area contributed by atoms with E-state index in [2.05, 4.69) is 17.2 Å². The number of fused-ring (bicyclic) bond motifs is 1. The molecule has 4 N–H and O–H groups in total. The van der Waals surface area contributed by atoms with Gasteiger partial charge in [0.2, 0.25) is 5.89 Å². The summed E-state index contributed by atoms with van der Waals surface area (Å²) in [7, 11) is 0. The molecule has 0 aliphatic rings. The second-order valence-electron chi connectivity index (χ2n) is 4.90. The Morgan fingerprint density at radius 3 is 2.86 bits per heavy atom. The van der Waals surface area contributed by atoms with Gasteiger partial charge in [-0.1, -0.05) is 13.0 Å². The highest BCUT2D eigenvalue weighted by atomic mass is 32.1. The Morgan fingerprint density at radius 1 is 1.32 bits per heavy atom. The van der Waals surface area contributed by atoms with Crippen LogP contribution in [0.2, 0.25) is 0 Å². The van der Waals surface area contributed by atoms with Gasteiger partial charge in [0.15, 0.2) is 10.7 Å². The number of anilines is 1. The molecular weight excluding hydrogens is 298 g/mol. The molecule has 0 saturated carbocycles. The average Bonchev–Trinajstić information content (AvgIpc) is 2.91. The summed E-state index contributed by atoms with van der Waals surface area (Å²) < 4.78 is 5.73. The molecule has 0 spiro atoms. The highest BCUT2D eigenvalue weighted by Gasteiger charge is 2.13. The van der Waals surface area contributed by atoms with E-state index in [1.165, 1.54) is 5.56 Å². The van der Waals surface area contributed by atoms with Gasteiger partial charge in [-0.05, 0) is 54.5 Å². The molecule has 0 amide bonds. The number of benzene rings is 2. The summed E-state index contributed by atoms with van der Waals surface area (Å²) >= 11 is 4.82. The number of phenols is 1. The van der Waals surface area contributed by atoms with E-state index in [4.69, 9.17) is 22.4 Å². The summed E-state index contributed by atoms with van der Waals surface area (Å²) in [5.41, 5.74) is 9.24. The molecule has 1 aromatic heterocycles. The van der Waals surface area contributed by atoms with Gasteiger partial charge in [-0.25, -0.2) is 4.98 Å². The third kappa shape index (κ3) is 2.73. The molecule has 0 aliphatic carbocycles. The van der Waals surface area contributed by atoms with Gasteiger partial charge in [0.25, 0.3) is 0 Å². The minimum Gasteiger partial charge on any atom is -0.507 e. The van der Waals surface area contributed by atoms with Crippen molar-refractivity contribution in [3.05, 3.63) is 42.0 Å². The van der Waals surface area contributed by atoms with Gasteiger partial charge >= 0.3 is 0 Å². The van der Waals surface area contributed by atoms with E-state index in [9.17, 15) is 5.11 Å². The van der Waals surface area contributed by atoms with Crippen molar-refractivity contribution in [3.8, 4) is 17.2 Å². The highest BCUT2D eigenvalue weighted by molar-refractivity contribution is 7.80. The molecule has 0 atom stereocenters. The van der Waals surface area contributed by atoms with Crippen LogP contribution in [0.15, 0.2) is 40.8 Å². The first kappa shape index (κ1) is 14.3. The Labute approximate surface area is 132 Å². The summed E-state index contributed by atoms with van der Waals surface area (Å²) in [5.74, 6) is 0.433. The molecule has 0 aliphatic heterocycles. The van der Waals surface area contributed by atoms with E-state index in [0.29, 0.717) is 22.7 Å². The largest absolute Gasteiger partial charge is 0.507 e. The Morgan fingerprint density at radius 2 is 2.14 bits per heavy atom. The molecule has 1 heterocycles. The zero-order valence-corrected chi connectivity index (χ0v) is 12.8. The molecule has 3 rings (SSSR count). The molecule has 6 heteroatoms. The number of nitrogens with one attached hydrogen (secondary N) is 1. The van der Waals surface area contributed by atoms with Crippen LogP contribution in [0, 0.1) is 0 Å². The molecular formula is C16H15N3O2S. The predicted octanol–water partition coefficient (Wildman–Crippen LogP) is 3.42. The number of hydrogen-bond acceptors (Lipinski definition) is 4. The van der Waals surface area contributed by atoms with Gasteiger partial charge in [-0.3, -0.25) is 0 Å². The number of oxazole rings is 1. The summed E-state index contributed by atoms with van der Waals surface area (Å²) in [6, 6.07) is 10.8. The number of thiocarbonyl (C=S) groups is 1. The minimum absolute atomic E-state index is 0.0794. The van der Waals surface area contributed by atoms with Crippen molar-refractivity contribution in [2.45, 2.75) is 13.3 Å². The summed E-state index contributed by atoms with van der Waals surface area (Å²) in [6.07, 6.45) is 0.927. The summed E-state index contributed by atoms with van der Waals surface area (Å²) in [4.78, 5) is 4.45. The monoisotopic (exact) mass is 313 g/mol. The average molecular weight is 313 g/mol. The zero-order chi connectivity index (χ0) is 15.7. The quantitative estimate of drug-likeness (QED) is 0.507. The molecule has 2 aromatic carbocycles. The lowest BCUT2D eigenvalue weighted by atomic mass is 10.1. The van der Waals surface area contributed by atoms with Crippen LogP contribution in [0.5, 0.6) is 5.75 Å². The Hall–Kier alpha value is -2.60. The normalized spacial score (nSPS) is 10.8. The molecule has 22 heavy (non-hydrogen) atoms. The first-order chi connectivity index (χ1) is 10.6. The van der Waals surface area contributed by atoms with Crippen molar-refractivity contribution in [3.63, 3.8) is 0 Å². The Bertz CT molecular complexity index is 858. The molecule has 0 bridgehead atoms. The number of rotatable bonds is 3. The van der Waals surface area contributed by atoms with Gasteiger partial charge in [0.05, 0.1) is 5.56 Å². The number of nitrogens with two attached hydrogens (primary N) is 1. The fourth-order valence-electron chi connectivity index (χ4n) is 2.24. The SMILES string of the molecule is CCc1ccc2oc(-c3cc(NC(N)=S)ccc3O)nc2c1. The summed E-state index contributed by atoms with van der Waals surface area (Å²) in [5, 5.41) is 13.0. The van der Waals surface area contributed by atoms with Crippen LogP contribution in [0.4, 0.5) is 5.69 Å². The van der Waals surface area contributed by atoms with Crippen LogP contribution >= 0.6 is 12.2 Å². The molecule has 3 aromatic rings. The lowest BCUT2D eigenvalue weighted by Gasteiger charge is -2.06. The van der Waals surface area contributed by atoms with Gasteiger partial charge in [-0.15, -0.1) is 0 Å². The molecule has 0 radical (unpaired) electrons. The van der Waals surface area contributed by atoms with Crippen molar-refractivity contribution >= 4 is 34.1 Å². The molecule has 5 nitrogen and oxygen atoms in total. The van der Waals surface area contributed by atoms with Crippen LogP contribution in [0.25, 0.3) is 22.6 Å². The van der Waals surface area contributed by atoms with Crippen LogP contribution in [-0.2, 0) is 6.42 Å². The van der Waals surface area contributed by atoms with Gasteiger partial charge in [0, 0.05) is 5.69 Å². The van der Waals surface area contributed by atoms with E-state index >= 15 is 0 Å². The molecule has 0 unspecified atom stereocenters. The Balaban J connectivity index is 2.08. The fourth-order valence-corrected chi connectivity index (χ4v) is 2.35.